The number of benzene rings is 4. The fourth-order valence-electron chi connectivity index (χ4n) is 8.83. The molecule has 3 N–H and O–H groups in total. The average molecular weight is 768 g/mol. The Kier molecular flexibility index (Phi) is 13.8. The van der Waals surface area contributed by atoms with Crippen molar-refractivity contribution in [1.29, 1.82) is 0 Å². The molecule has 7 rings (SSSR count). The summed E-state index contributed by atoms with van der Waals surface area (Å²) >= 11 is 6.41. The van der Waals surface area contributed by atoms with Gasteiger partial charge in [0.2, 0.25) is 0 Å². The van der Waals surface area contributed by atoms with Gasteiger partial charge in [0.15, 0.2) is 5.78 Å². The second kappa shape index (κ2) is 18.5. The van der Waals surface area contributed by atoms with Gasteiger partial charge in [0, 0.05) is 47.6 Å². The Labute approximate surface area is 330 Å². The summed E-state index contributed by atoms with van der Waals surface area (Å²) in [7, 11) is 0. The molecule has 1 saturated carbocycles. The number of halogens is 2. The number of Topliss-reactive ketones (excluding diaryl/α,β-unsaturated/α-hetero) is 1. The van der Waals surface area contributed by atoms with Crippen LogP contribution in [-0.2, 0) is 30.7 Å². The van der Waals surface area contributed by atoms with E-state index < -0.39 is 29.0 Å². The van der Waals surface area contributed by atoms with Crippen molar-refractivity contribution in [2.45, 2.75) is 102 Å². The quantitative estimate of drug-likeness (QED) is 0.0930. The molecule has 0 saturated heterocycles. The Hall–Kier alpha value is -3.69. The van der Waals surface area contributed by atoms with E-state index in [9.17, 15) is 20.1 Å². The molecule has 0 heterocycles. The predicted octanol–water partition coefficient (Wildman–Crippen LogP) is 9.02. The molecule has 55 heavy (non-hydrogen) atoms. The van der Waals surface area contributed by atoms with Crippen LogP contribution in [0, 0.1) is 11.2 Å². The predicted molar refractivity (Wildman–Crippen MR) is 217 cm³/mol. The van der Waals surface area contributed by atoms with Crippen molar-refractivity contribution >= 4 is 17.4 Å². The Morgan fingerprint density at radius 2 is 1.71 bits per heavy atom. The van der Waals surface area contributed by atoms with Gasteiger partial charge in [-0.1, -0.05) is 109 Å². The van der Waals surface area contributed by atoms with E-state index in [-0.39, 0.29) is 35.3 Å². The first-order valence-electron chi connectivity index (χ1n) is 19.6. The van der Waals surface area contributed by atoms with E-state index in [4.69, 9.17) is 16.3 Å². The topological polar surface area (TPSA) is 90.2 Å². The van der Waals surface area contributed by atoms with Gasteiger partial charge in [0.05, 0.1) is 31.0 Å². The smallest absolute Gasteiger partial charge is 0.167 e. The molecule has 6 nitrogen and oxygen atoms in total. The summed E-state index contributed by atoms with van der Waals surface area (Å²) in [6.45, 7) is 5.95. The van der Waals surface area contributed by atoms with Crippen LogP contribution in [0.1, 0.15) is 96.5 Å². The average Bonchev–Trinajstić information content (AvgIpc) is 3.41. The summed E-state index contributed by atoms with van der Waals surface area (Å²) in [6.07, 6.45) is 4.92. The van der Waals surface area contributed by atoms with E-state index in [1.807, 2.05) is 66.7 Å². The van der Waals surface area contributed by atoms with Gasteiger partial charge in [-0.3, -0.25) is 9.69 Å². The third-order valence-electron chi connectivity index (χ3n) is 12.0. The lowest BCUT2D eigenvalue weighted by Crippen LogP contribution is -2.53. The molecule has 4 aromatic rings. The van der Waals surface area contributed by atoms with Gasteiger partial charge in [-0.15, -0.1) is 0 Å². The lowest BCUT2D eigenvalue weighted by molar-refractivity contribution is -0.0923. The molecule has 3 aliphatic carbocycles. The van der Waals surface area contributed by atoms with Gasteiger partial charge >= 0.3 is 0 Å². The number of ketones is 1. The first kappa shape index (κ1) is 41.0. The zero-order valence-electron chi connectivity index (χ0n) is 32.1. The summed E-state index contributed by atoms with van der Waals surface area (Å²) in [5.41, 5.74) is 3.77. The van der Waals surface area contributed by atoms with E-state index >= 15 is 4.39 Å². The lowest BCUT2D eigenvalue weighted by atomic mass is 9.64. The van der Waals surface area contributed by atoms with Crippen LogP contribution in [0.15, 0.2) is 109 Å². The number of aliphatic hydroxyl groups is 3. The number of carbonyl (C=O) groups excluding carboxylic acids is 1. The van der Waals surface area contributed by atoms with Gasteiger partial charge in [-0.2, -0.15) is 0 Å². The second-order valence-electron chi connectivity index (χ2n) is 16.1. The molecule has 0 radical (unpaired) electrons. The number of rotatable bonds is 13. The number of carbonyl (C=O) groups is 1. The van der Waals surface area contributed by atoms with Gasteiger partial charge in [0.1, 0.15) is 5.82 Å². The first-order chi connectivity index (χ1) is 26.4. The van der Waals surface area contributed by atoms with Crippen LogP contribution < -0.4 is 0 Å². The third kappa shape index (κ3) is 10.2. The molecule has 4 aromatic carbocycles. The van der Waals surface area contributed by atoms with E-state index in [1.54, 1.807) is 6.07 Å². The SMILES string of the molecule is CC1=CCCC2(C)C(CCC2(O)CN(Cc2ccccc2)CC(O)COCc2ccccc2)c2ccc(cc2C(=O)Cc2c(F)cccc2Cl)CC(O)CC1. The van der Waals surface area contributed by atoms with Crippen LogP contribution in [0.4, 0.5) is 4.39 Å². The molecule has 3 aliphatic rings. The van der Waals surface area contributed by atoms with Crippen LogP contribution in [0.25, 0.3) is 0 Å². The summed E-state index contributed by atoms with van der Waals surface area (Å²) in [4.78, 5) is 16.5. The van der Waals surface area contributed by atoms with Crippen molar-refractivity contribution < 1.29 is 29.2 Å². The van der Waals surface area contributed by atoms with E-state index in [0.717, 1.165) is 35.1 Å². The molecule has 0 aliphatic heterocycles. The highest BCUT2D eigenvalue weighted by atomic mass is 35.5. The molecule has 8 heteroatoms. The van der Waals surface area contributed by atoms with Crippen molar-refractivity contribution in [3.05, 3.63) is 153 Å². The molecule has 2 bridgehead atoms. The van der Waals surface area contributed by atoms with Gasteiger partial charge in [-0.25, -0.2) is 4.39 Å². The zero-order chi connectivity index (χ0) is 39.0. The van der Waals surface area contributed by atoms with Gasteiger partial charge in [-0.05, 0) is 98.2 Å². The fraction of sp³-hybridized carbons (Fsp3) is 0.426. The number of ether oxygens (including phenoxy) is 1. The van der Waals surface area contributed by atoms with E-state index in [0.29, 0.717) is 63.9 Å². The summed E-state index contributed by atoms with van der Waals surface area (Å²) in [5, 5.41) is 35.6. The summed E-state index contributed by atoms with van der Waals surface area (Å²) in [5.74, 6) is -0.964. The van der Waals surface area contributed by atoms with E-state index in [1.165, 1.54) is 17.7 Å². The van der Waals surface area contributed by atoms with Crippen molar-refractivity contribution in [3.63, 3.8) is 0 Å². The zero-order valence-corrected chi connectivity index (χ0v) is 32.9. The Morgan fingerprint density at radius 3 is 2.44 bits per heavy atom. The van der Waals surface area contributed by atoms with Crippen molar-refractivity contribution in [2.75, 3.05) is 19.7 Å². The number of nitrogens with zero attached hydrogens (tertiary/aromatic N) is 1. The molecule has 5 unspecified atom stereocenters. The number of aliphatic hydroxyl groups excluding tert-OH is 2. The summed E-state index contributed by atoms with van der Waals surface area (Å²) in [6, 6.07) is 30.3. The summed E-state index contributed by atoms with van der Waals surface area (Å²) < 4.78 is 20.9. The molecule has 0 spiro atoms. The number of hydrogen-bond acceptors (Lipinski definition) is 6. The molecule has 0 amide bonds. The number of hydrogen-bond donors (Lipinski definition) is 3. The Bertz CT molecular complexity index is 1900. The van der Waals surface area contributed by atoms with Gasteiger partial charge < -0.3 is 20.1 Å². The van der Waals surface area contributed by atoms with E-state index in [2.05, 4.69) is 37.0 Å². The van der Waals surface area contributed by atoms with Crippen LogP contribution in [0.2, 0.25) is 5.02 Å². The standard InChI is InChI=1S/C47H55ClFNO5/c1-33-11-10-23-46(2)42(39-21-19-36(25-37(51)20-18-33)26-40(39)45(53)27-41-43(48)16-9-17-44(41)49)22-24-47(46,54)32-50(28-34-12-5-3-6-13-34)29-38(52)31-55-30-35-14-7-4-8-15-35/h3-9,11-17,19,21,26,37-38,42,51-52,54H,10,18,20,22-25,27-32H2,1-2H3. The molecular weight excluding hydrogens is 713 g/mol. The minimum Gasteiger partial charge on any atom is -0.393 e. The normalized spacial score (nSPS) is 23.6. The Morgan fingerprint density at radius 1 is 0.982 bits per heavy atom. The second-order valence-corrected chi connectivity index (χ2v) is 16.5. The molecule has 292 valence electrons. The highest BCUT2D eigenvalue weighted by molar-refractivity contribution is 6.31. The highest BCUT2D eigenvalue weighted by Crippen LogP contribution is 2.59. The number of allylic oxidation sites excluding steroid dienone is 2. The first-order valence-corrected chi connectivity index (χ1v) is 20.0. The number of fused-ring (bicyclic) bond motifs is 8. The van der Waals surface area contributed by atoms with Crippen LogP contribution in [0.3, 0.4) is 0 Å². The maximum atomic E-state index is 15.0. The van der Waals surface area contributed by atoms with Crippen LogP contribution in [-0.4, -0.2) is 63.5 Å². The van der Waals surface area contributed by atoms with Gasteiger partial charge in [0.25, 0.3) is 0 Å². The van der Waals surface area contributed by atoms with Crippen molar-refractivity contribution in [1.82, 2.24) is 4.90 Å². The molecular formula is C47H55ClFNO5. The Balaban J connectivity index is 1.33. The molecule has 5 atom stereocenters. The molecule has 0 aromatic heterocycles. The monoisotopic (exact) mass is 767 g/mol. The minimum atomic E-state index is -1.18. The van der Waals surface area contributed by atoms with Crippen molar-refractivity contribution in [2.24, 2.45) is 5.41 Å². The maximum absolute atomic E-state index is 15.0. The lowest BCUT2D eigenvalue weighted by Gasteiger charge is -2.46. The highest BCUT2D eigenvalue weighted by Gasteiger charge is 2.57. The van der Waals surface area contributed by atoms with Crippen LogP contribution >= 0.6 is 11.6 Å². The fourth-order valence-corrected chi connectivity index (χ4v) is 9.06. The third-order valence-corrected chi connectivity index (χ3v) is 12.4. The minimum absolute atomic E-state index is 0.154. The molecule has 1 fully saturated rings. The van der Waals surface area contributed by atoms with Crippen molar-refractivity contribution in [3.8, 4) is 0 Å². The van der Waals surface area contributed by atoms with Crippen LogP contribution in [0.5, 0.6) is 0 Å². The maximum Gasteiger partial charge on any atom is 0.167 e. The largest absolute Gasteiger partial charge is 0.393 e.